The van der Waals surface area contributed by atoms with Crippen molar-refractivity contribution in [3.05, 3.63) is 83.4 Å². The van der Waals surface area contributed by atoms with Gasteiger partial charge in [0.05, 0.1) is 41.7 Å². The first-order valence-corrected chi connectivity index (χ1v) is 17.7. The number of nitrogens with zero attached hydrogens (tertiary/aromatic N) is 5. The van der Waals surface area contributed by atoms with Crippen molar-refractivity contribution in [1.82, 2.24) is 24.8 Å². The Morgan fingerprint density at radius 3 is 2.36 bits per heavy atom. The number of aromatic nitrogens is 4. The largest absolute Gasteiger partial charge is 0.487 e. The van der Waals surface area contributed by atoms with Crippen LogP contribution < -0.4 is 14.2 Å². The molecule has 11 nitrogen and oxygen atoms in total. The van der Waals surface area contributed by atoms with E-state index < -0.39 is 10.0 Å². The Balaban J connectivity index is 1.29. The van der Waals surface area contributed by atoms with Gasteiger partial charge in [0.2, 0.25) is 11.8 Å². The summed E-state index contributed by atoms with van der Waals surface area (Å²) in [4.78, 5) is 34.2. The molecular formula is C35H38N6O5S. The second-order valence-electron chi connectivity index (χ2n) is 12.8. The molecule has 0 saturated heterocycles. The highest BCUT2D eigenvalue weighted by Gasteiger charge is 2.32. The molecule has 1 atom stereocenters. The topological polar surface area (TPSA) is 136 Å². The Kier molecular flexibility index (Phi) is 8.52. The van der Waals surface area contributed by atoms with E-state index in [-0.39, 0.29) is 53.5 Å². The number of amides is 1. The van der Waals surface area contributed by atoms with Gasteiger partial charge >= 0.3 is 0 Å². The average Bonchev–Trinajstić information content (AvgIpc) is 3.01. The van der Waals surface area contributed by atoms with E-state index >= 15 is 0 Å². The Labute approximate surface area is 274 Å². The third kappa shape index (κ3) is 6.78. The van der Waals surface area contributed by atoms with Crippen molar-refractivity contribution in [2.75, 3.05) is 11.3 Å². The lowest BCUT2D eigenvalue weighted by Gasteiger charge is -2.36. The first kappa shape index (κ1) is 31.0. The maximum atomic E-state index is 14.3. The van der Waals surface area contributed by atoms with E-state index in [0.29, 0.717) is 29.6 Å². The lowest BCUT2D eigenvalue weighted by molar-refractivity contribution is 0.0504. The first-order valence-electron chi connectivity index (χ1n) is 16.2. The zero-order valence-corrected chi connectivity index (χ0v) is 27.4. The summed E-state index contributed by atoms with van der Waals surface area (Å²) in [5.74, 6) is 1.26. The van der Waals surface area contributed by atoms with Gasteiger partial charge in [-0.05, 0) is 74.8 Å². The van der Waals surface area contributed by atoms with E-state index in [1.54, 1.807) is 35.5 Å². The second-order valence-corrected chi connectivity index (χ2v) is 14.4. The molecular weight excluding hydrogens is 616 g/mol. The molecule has 1 amide bonds. The minimum Gasteiger partial charge on any atom is -0.487 e. The summed E-state index contributed by atoms with van der Waals surface area (Å²) in [5.41, 5.74) is 3.61. The fourth-order valence-corrected chi connectivity index (χ4v) is 7.29. The summed E-state index contributed by atoms with van der Waals surface area (Å²) >= 11 is 0. The number of carbonyl (C=O) groups is 1. The molecule has 3 heterocycles. The van der Waals surface area contributed by atoms with Crippen LogP contribution in [0.15, 0.2) is 65.8 Å². The summed E-state index contributed by atoms with van der Waals surface area (Å²) in [6.07, 6.45) is 10.7. The highest BCUT2D eigenvalue weighted by Crippen LogP contribution is 2.34. The van der Waals surface area contributed by atoms with E-state index in [4.69, 9.17) is 9.47 Å². The summed E-state index contributed by atoms with van der Waals surface area (Å²) < 4.78 is 42.1. The lowest BCUT2D eigenvalue weighted by atomic mass is 9.80. The zero-order valence-electron chi connectivity index (χ0n) is 26.6. The fourth-order valence-electron chi connectivity index (χ4n) is 6.30. The minimum atomic E-state index is -4.16. The van der Waals surface area contributed by atoms with Crippen molar-refractivity contribution < 1.29 is 22.7 Å². The number of rotatable bonds is 7. The number of hydrogen-bond acceptors (Lipinski definition) is 9. The average molecular weight is 655 g/mol. The van der Waals surface area contributed by atoms with Gasteiger partial charge in [0, 0.05) is 17.2 Å². The molecule has 7 rings (SSSR count). The summed E-state index contributed by atoms with van der Waals surface area (Å²) in [6, 6.07) is 13.3. The van der Waals surface area contributed by atoms with Crippen LogP contribution in [0, 0.1) is 19.8 Å². The molecule has 0 spiro atoms. The van der Waals surface area contributed by atoms with Gasteiger partial charge in [0.15, 0.2) is 5.75 Å². The molecule has 4 bridgehead atoms. The van der Waals surface area contributed by atoms with Gasteiger partial charge in [0.1, 0.15) is 12.4 Å². The van der Waals surface area contributed by atoms with E-state index in [0.717, 1.165) is 55.2 Å². The SMILES string of the molecule is Cc1cccc(C)c1-c1cc2nc(n1)NS(=O)(=O)c1cccc(c1)C(=O)N(Cc1ncc(OC3CCC3)cn1)[C@H](CC1CCC1)CO2. The number of nitrogens with one attached hydrogen (secondary N) is 1. The van der Waals surface area contributed by atoms with Gasteiger partial charge in [-0.15, -0.1) is 0 Å². The molecule has 2 fully saturated rings. The molecule has 1 aliphatic heterocycles. The molecule has 47 heavy (non-hydrogen) atoms. The van der Waals surface area contributed by atoms with Gasteiger partial charge < -0.3 is 14.4 Å². The number of fused-ring (bicyclic) bond motifs is 4. The van der Waals surface area contributed by atoms with Crippen molar-refractivity contribution in [2.24, 2.45) is 5.92 Å². The van der Waals surface area contributed by atoms with Crippen molar-refractivity contribution >= 4 is 21.9 Å². The molecule has 2 saturated carbocycles. The van der Waals surface area contributed by atoms with Crippen molar-refractivity contribution in [2.45, 2.75) is 82.4 Å². The van der Waals surface area contributed by atoms with Crippen LogP contribution in [-0.4, -0.2) is 57.9 Å². The Hall–Kier alpha value is -4.58. The number of aryl methyl sites for hydroxylation is 2. The second kappa shape index (κ2) is 12.9. The molecule has 0 radical (unpaired) electrons. The van der Waals surface area contributed by atoms with Gasteiger partial charge in [-0.3, -0.25) is 4.79 Å². The molecule has 1 N–H and O–H groups in total. The van der Waals surface area contributed by atoms with Crippen LogP contribution in [0.3, 0.4) is 0 Å². The molecule has 12 heteroatoms. The molecule has 244 valence electrons. The predicted octanol–water partition coefficient (Wildman–Crippen LogP) is 5.88. The Morgan fingerprint density at radius 1 is 0.957 bits per heavy atom. The van der Waals surface area contributed by atoms with Crippen LogP contribution in [0.25, 0.3) is 11.3 Å². The molecule has 2 aromatic heterocycles. The minimum absolute atomic E-state index is 0.0737. The van der Waals surface area contributed by atoms with Crippen molar-refractivity contribution in [3.8, 4) is 22.9 Å². The monoisotopic (exact) mass is 654 g/mol. The number of anilines is 1. The molecule has 0 unspecified atom stereocenters. The Bertz CT molecular complexity index is 1870. The number of hydrogen-bond donors (Lipinski definition) is 1. The Morgan fingerprint density at radius 2 is 1.68 bits per heavy atom. The third-order valence-electron chi connectivity index (χ3n) is 9.36. The predicted molar refractivity (Wildman–Crippen MR) is 176 cm³/mol. The lowest BCUT2D eigenvalue weighted by Crippen LogP contribution is -2.45. The van der Waals surface area contributed by atoms with Crippen LogP contribution >= 0.6 is 0 Å². The summed E-state index contributed by atoms with van der Waals surface area (Å²) in [5, 5.41) is 0. The molecule has 4 aromatic rings. The molecule has 2 aliphatic carbocycles. The summed E-state index contributed by atoms with van der Waals surface area (Å²) in [6.45, 7) is 4.21. The van der Waals surface area contributed by atoms with Crippen LogP contribution in [0.2, 0.25) is 0 Å². The quantitative estimate of drug-likeness (QED) is 0.259. The van der Waals surface area contributed by atoms with Crippen LogP contribution in [-0.2, 0) is 16.6 Å². The van der Waals surface area contributed by atoms with E-state index in [2.05, 4.69) is 24.7 Å². The molecule has 2 aromatic carbocycles. The maximum Gasteiger partial charge on any atom is 0.264 e. The zero-order chi connectivity index (χ0) is 32.5. The van der Waals surface area contributed by atoms with E-state index in [1.807, 2.05) is 32.0 Å². The standard InChI is InChI=1S/C35H38N6O5S/c1-22-7-3-8-23(2)33(22)30-17-32-39-35(38-30)40-47(43,44)29-14-5-11-25(16-29)34(42)41(26(21-45-32)15-24-9-4-10-24)20-31-36-18-28(19-37-31)46-27-12-6-13-27/h3,5,7-8,11,14,16-19,24,26-27H,4,6,9-10,12-13,15,20-21H2,1-2H3,(H,38,39,40)/t26-/m1/s1. The number of benzene rings is 2. The smallest absolute Gasteiger partial charge is 0.264 e. The van der Waals surface area contributed by atoms with E-state index in [9.17, 15) is 13.2 Å². The van der Waals surface area contributed by atoms with Gasteiger partial charge in [-0.2, -0.15) is 4.98 Å². The van der Waals surface area contributed by atoms with E-state index in [1.165, 1.54) is 12.1 Å². The fraction of sp³-hybridized carbons (Fsp3) is 0.400. The van der Waals surface area contributed by atoms with Crippen molar-refractivity contribution in [1.29, 1.82) is 0 Å². The highest BCUT2D eigenvalue weighted by atomic mass is 32.2. The highest BCUT2D eigenvalue weighted by molar-refractivity contribution is 7.92. The maximum absolute atomic E-state index is 14.3. The first-order chi connectivity index (χ1) is 22.7. The number of carbonyl (C=O) groups excluding carboxylic acids is 1. The van der Waals surface area contributed by atoms with Gasteiger partial charge in [-0.1, -0.05) is 43.5 Å². The van der Waals surface area contributed by atoms with Crippen LogP contribution in [0.4, 0.5) is 5.95 Å². The van der Waals surface area contributed by atoms with Crippen LogP contribution in [0.5, 0.6) is 11.6 Å². The van der Waals surface area contributed by atoms with Crippen molar-refractivity contribution in [3.63, 3.8) is 0 Å². The summed E-state index contributed by atoms with van der Waals surface area (Å²) in [7, 11) is -4.16. The molecule has 3 aliphatic rings. The number of sulfonamides is 1. The van der Waals surface area contributed by atoms with Crippen LogP contribution in [0.1, 0.15) is 72.3 Å². The van der Waals surface area contributed by atoms with Gasteiger partial charge in [0.25, 0.3) is 15.9 Å². The number of ether oxygens (including phenoxy) is 2. The third-order valence-corrected chi connectivity index (χ3v) is 10.7. The normalized spacial score (nSPS) is 19.6. The van der Waals surface area contributed by atoms with Gasteiger partial charge in [-0.25, -0.2) is 28.1 Å².